The molecule has 0 aliphatic carbocycles. The molecule has 158 valence electrons. The Morgan fingerprint density at radius 3 is 2.63 bits per heavy atom. The number of amides is 1. The van der Waals surface area contributed by atoms with Crippen LogP contribution in [0.4, 0.5) is 5.82 Å². The summed E-state index contributed by atoms with van der Waals surface area (Å²) >= 11 is 0. The van der Waals surface area contributed by atoms with E-state index < -0.39 is 15.7 Å². The lowest BCUT2D eigenvalue weighted by molar-refractivity contribution is 0.102. The molecular weight excluding hydrogens is 404 g/mol. The molecule has 1 saturated heterocycles. The van der Waals surface area contributed by atoms with E-state index in [2.05, 4.69) is 15.4 Å². The number of sulfone groups is 1. The van der Waals surface area contributed by atoms with E-state index in [1.165, 1.54) is 6.07 Å². The van der Waals surface area contributed by atoms with Gasteiger partial charge in [0.05, 0.1) is 28.8 Å². The number of hydrogen-bond acceptors (Lipinski definition) is 5. The smallest absolute Gasteiger partial charge is 0.257 e. The molecule has 1 aliphatic rings. The van der Waals surface area contributed by atoms with Gasteiger partial charge in [0.25, 0.3) is 5.91 Å². The van der Waals surface area contributed by atoms with Gasteiger partial charge in [0.1, 0.15) is 5.82 Å². The topological polar surface area (TPSA) is 114 Å². The van der Waals surface area contributed by atoms with E-state index in [1.54, 1.807) is 35.0 Å². The molecule has 3 heterocycles. The highest BCUT2D eigenvalue weighted by Gasteiger charge is 2.33. The highest BCUT2D eigenvalue weighted by molar-refractivity contribution is 7.91. The highest BCUT2D eigenvalue weighted by atomic mass is 32.2. The zero-order valence-corrected chi connectivity index (χ0v) is 17.9. The SMILES string of the molecule is CC(C)(C)c1cc(NC(=O)c2cc(=O)[nH]c3ccccc23)n([C@H]2CCS(=O)(=O)C2)n1. The number of fused-ring (bicyclic) bond motifs is 1. The summed E-state index contributed by atoms with van der Waals surface area (Å²) in [7, 11) is -3.12. The number of carbonyl (C=O) groups excluding carboxylic acids is 1. The second kappa shape index (κ2) is 7.09. The van der Waals surface area contributed by atoms with Crippen molar-refractivity contribution in [2.24, 2.45) is 0 Å². The third-order valence-electron chi connectivity index (χ3n) is 5.30. The third-order valence-corrected chi connectivity index (χ3v) is 7.05. The summed E-state index contributed by atoms with van der Waals surface area (Å²) in [5, 5.41) is 8.11. The van der Waals surface area contributed by atoms with Gasteiger partial charge >= 0.3 is 0 Å². The molecule has 30 heavy (non-hydrogen) atoms. The number of aromatic nitrogens is 3. The lowest BCUT2D eigenvalue weighted by Gasteiger charge is -2.15. The first-order chi connectivity index (χ1) is 14.0. The van der Waals surface area contributed by atoms with Gasteiger partial charge in [0.2, 0.25) is 5.56 Å². The number of H-pyrrole nitrogens is 1. The Bertz CT molecular complexity index is 1300. The Balaban J connectivity index is 1.75. The van der Waals surface area contributed by atoms with E-state index in [0.717, 1.165) is 5.69 Å². The van der Waals surface area contributed by atoms with Crippen LogP contribution < -0.4 is 10.9 Å². The van der Waals surface area contributed by atoms with Gasteiger partial charge in [-0.2, -0.15) is 5.10 Å². The predicted molar refractivity (Wildman–Crippen MR) is 116 cm³/mol. The fraction of sp³-hybridized carbons (Fsp3) is 0.381. The van der Waals surface area contributed by atoms with Crippen LogP contribution in [0, 0.1) is 0 Å². The maximum atomic E-state index is 13.1. The number of benzene rings is 1. The predicted octanol–water partition coefficient (Wildman–Crippen LogP) is 2.63. The number of anilines is 1. The van der Waals surface area contributed by atoms with Crippen molar-refractivity contribution in [2.45, 2.75) is 38.6 Å². The Hall–Kier alpha value is -2.94. The zero-order chi connectivity index (χ0) is 21.7. The maximum Gasteiger partial charge on any atom is 0.257 e. The number of pyridine rings is 1. The van der Waals surface area contributed by atoms with E-state index in [1.807, 2.05) is 20.8 Å². The summed E-state index contributed by atoms with van der Waals surface area (Å²) in [5.74, 6) is 0.0833. The van der Waals surface area contributed by atoms with Gasteiger partial charge in [-0.25, -0.2) is 13.1 Å². The summed E-state index contributed by atoms with van der Waals surface area (Å²) < 4.78 is 25.6. The van der Waals surface area contributed by atoms with Crippen molar-refractivity contribution in [3.8, 4) is 0 Å². The van der Waals surface area contributed by atoms with Crippen LogP contribution in [-0.2, 0) is 15.3 Å². The standard InChI is InChI=1S/C21H24N4O4S/c1-21(2,3)17-11-18(25(24-17)13-8-9-30(28,29)12-13)23-20(27)15-10-19(26)22-16-7-5-4-6-14(15)16/h4-7,10-11,13H,8-9,12H2,1-3H3,(H,22,26)(H,23,27)/t13-/m0/s1. The molecule has 0 unspecified atom stereocenters. The van der Waals surface area contributed by atoms with Crippen LogP contribution in [0.2, 0.25) is 0 Å². The molecule has 4 rings (SSSR count). The Kier molecular flexibility index (Phi) is 4.80. The summed E-state index contributed by atoms with van der Waals surface area (Å²) in [4.78, 5) is 27.9. The number of carbonyl (C=O) groups is 1. The molecule has 2 N–H and O–H groups in total. The van der Waals surface area contributed by atoms with Crippen molar-refractivity contribution in [2.75, 3.05) is 16.8 Å². The van der Waals surface area contributed by atoms with Crippen LogP contribution in [0.15, 0.2) is 41.2 Å². The van der Waals surface area contributed by atoms with Gasteiger partial charge in [-0.05, 0) is 12.5 Å². The average molecular weight is 429 g/mol. The van der Waals surface area contributed by atoms with E-state index >= 15 is 0 Å². The second-order valence-electron chi connectivity index (χ2n) is 8.71. The zero-order valence-electron chi connectivity index (χ0n) is 17.1. The van der Waals surface area contributed by atoms with Crippen molar-refractivity contribution in [1.82, 2.24) is 14.8 Å². The van der Waals surface area contributed by atoms with Gasteiger partial charge < -0.3 is 10.3 Å². The fourth-order valence-electron chi connectivity index (χ4n) is 3.68. The van der Waals surface area contributed by atoms with Crippen LogP contribution in [0.3, 0.4) is 0 Å². The van der Waals surface area contributed by atoms with Crippen LogP contribution in [-0.4, -0.2) is 40.6 Å². The number of hydrogen-bond donors (Lipinski definition) is 2. The molecule has 1 aliphatic heterocycles. The van der Waals surface area contributed by atoms with Crippen molar-refractivity contribution < 1.29 is 13.2 Å². The summed E-state index contributed by atoms with van der Waals surface area (Å²) in [6.07, 6.45) is 0.449. The van der Waals surface area contributed by atoms with Crippen molar-refractivity contribution >= 4 is 32.5 Å². The molecule has 2 aromatic heterocycles. The molecule has 0 spiro atoms. The van der Waals surface area contributed by atoms with Crippen molar-refractivity contribution in [3.05, 3.63) is 58.0 Å². The van der Waals surface area contributed by atoms with Gasteiger partial charge in [-0.3, -0.25) is 9.59 Å². The van der Waals surface area contributed by atoms with Gasteiger partial charge in [-0.1, -0.05) is 39.0 Å². The van der Waals surface area contributed by atoms with Gasteiger partial charge in [-0.15, -0.1) is 0 Å². The lowest BCUT2D eigenvalue weighted by Crippen LogP contribution is -2.21. The minimum Gasteiger partial charge on any atom is -0.322 e. The van der Waals surface area contributed by atoms with Gasteiger partial charge in [0, 0.05) is 28.5 Å². The normalized spacial score (nSPS) is 18.6. The molecule has 1 aromatic carbocycles. The molecule has 1 atom stereocenters. The van der Waals surface area contributed by atoms with Crippen LogP contribution in [0.5, 0.6) is 0 Å². The summed E-state index contributed by atoms with van der Waals surface area (Å²) in [6.45, 7) is 6.00. The first-order valence-electron chi connectivity index (χ1n) is 9.77. The fourth-order valence-corrected chi connectivity index (χ4v) is 5.37. The second-order valence-corrected chi connectivity index (χ2v) is 10.9. The van der Waals surface area contributed by atoms with Gasteiger partial charge in [0.15, 0.2) is 9.84 Å². The Labute approximate surface area is 174 Å². The molecule has 8 nitrogen and oxygen atoms in total. The molecule has 9 heteroatoms. The van der Waals surface area contributed by atoms with E-state index in [0.29, 0.717) is 23.1 Å². The molecule has 0 saturated carbocycles. The minimum atomic E-state index is -3.12. The number of aromatic amines is 1. The molecule has 0 bridgehead atoms. The van der Waals surface area contributed by atoms with Crippen molar-refractivity contribution in [3.63, 3.8) is 0 Å². The number of nitrogens with zero attached hydrogens (tertiary/aromatic N) is 2. The highest BCUT2D eigenvalue weighted by Crippen LogP contribution is 2.31. The van der Waals surface area contributed by atoms with Crippen LogP contribution >= 0.6 is 0 Å². The lowest BCUT2D eigenvalue weighted by atomic mass is 9.92. The Morgan fingerprint density at radius 1 is 1.23 bits per heavy atom. The van der Waals surface area contributed by atoms with E-state index in [4.69, 9.17) is 0 Å². The molecule has 0 radical (unpaired) electrons. The molecule has 1 fully saturated rings. The third kappa shape index (κ3) is 3.89. The van der Waals surface area contributed by atoms with E-state index in [9.17, 15) is 18.0 Å². The van der Waals surface area contributed by atoms with Crippen LogP contribution in [0.25, 0.3) is 10.9 Å². The average Bonchev–Trinajstić information content (AvgIpc) is 3.23. The molecule has 1 amide bonds. The first-order valence-corrected chi connectivity index (χ1v) is 11.6. The first kappa shape index (κ1) is 20.3. The van der Waals surface area contributed by atoms with Crippen LogP contribution in [0.1, 0.15) is 49.3 Å². The molecular formula is C21H24N4O4S. The monoisotopic (exact) mass is 428 g/mol. The summed E-state index contributed by atoms with van der Waals surface area (Å²) in [5.41, 5.74) is 0.917. The maximum absolute atomic E-state index is 13.1. The quantitative estimate of drug-likeness (QED) is 0.666. The molecule has 3 aromatic rings. The number of para-hydroxylation sites is 1. The summed E-state index contributed by atoms with van der Waals surface area (Å²) in [6, 6.07) is 9.78. The number of rotatable bonds is 3. The number of nitrogens with one attached hydrogen (secondary N) is 2. The van der Waals surface area contributed by atoms with Crippen molar-refractivity contribution in [1.29, 1.82) is 0 Å². The minimum absolute atomic E-state index is 0.00489. The Morgan fingerprint density at radius 2 is 1.97 bits per heavy atom. The van der Waals surface area contributed by atoms with E-state index in [-0.39, 0.29) is 34.1 Å². The largest absolute Gasteiger partial charge is 0.322 e.